The summed E-state index contributed by atoms with van der Waals surface area (Å²) in [6, 6.07) is 13.0. The lowest BCUT2D eigenvalue weighted by Crippen LogP contribution is -2.42. The standard InChI is InChI=1S/C21H25NO5/c1-3-12-27-18-11-10-16(14-19(18)26-4-2)20(23)22-17(21(24)25)13-15-8-6-5-7-9-15/h5-11,14,17H,3-4,12-13H2,1-2H3,(H,22,23)(H,24,25). The van der Waals surface area contributed by atoms with Gasteiger partial charge in [0.15, 0.2) is 11.5 Å². The van der Waals surface area contributed by atoms with Crippen molar-refractivity contribution in [3.05, 3.63) is 59.7 Å². The minimum atomic E-state index is -1.08. The van der Waals surface area contributed by atoms with E-state index in [0.717, 1.165) is 12.0 Å². The summed E-state index contributed by atoms with van der Waals surface area (Å²) in [5.41, 5.74) is 1.16. The van der Waals surface area contributed by atoms with Gasteiger partial charge >= 0.3 is 5.97 Å². The lowest BCUT2D eigenvalue weighted by molar-refractivity contribution is -0.139. The van der Waals surface area contributed by atoms with E-state index in [1.807, 2.05) is 44.2 Å². The first kappa shape index (κ1) is 20.3. The van der Waals surface area contributed by atoms with Gasteiger partial charge < -0.3 is 19.9 Å². The minimum absolute atomic E-state index is 0.206. The van der Waals surface area contributed by atoms with Crippen LogP contribution in [-0.4, -0.2) is 36.2 Å². The maximum atomic E-state index is 12.6. The second-order valence-corrected chi connectivity index (χ2v) is 6.00. The number of hydrogen-bond acceptors (Lipinski definition) is 4. The van der Waals surface area contributed by atoms with Gasteiger partial charge in [0.1, 0.15) is 6.04 Å². The summed E-state index contributed by atoms with van der Waals surface area (Å²) in [4.78, 5) is 24.1. The molecule has 0 fully saturated rings. The summed E-state index contributed by atoms with van der Waals surface area (Å²) < 4.78 is 11.2. The number of hydrogen-bond donors (Lipinski definition) is 2. The maximum absolute atomic E-state index is 12.6. The summed E-state index contributed by atoms with van der Waals surface area (Å²) in [5.74, 6) is -0.524. The number of amides is 1. The molecule has 0 aliphatic carbocycles. The van der Waals surface area contributed by atoms with Gasteiger partial charge in [0.2, 0.25) is 0 Å². The zero-order chi connectivity index (χ0) is 19.6. The highest BCUT2D eigenvalue weighted by Crippen LogP contribution is 2.28. The van der Waals surface area contributed by atoms with Crippen molar-refractivity contribution in [2.45, 2.75) is 32.7 Å². The zero-order valence-electron chi connectivity index (χ0n) is 15.6. The summed E-state index contributed by atoms with van der Waals surface area (Å²) in [5, 5.41) is 12.0. The van der Waals surface area contributed by atoms with Crippen LogP contribution < -0.4 is 14.8 Å². The highest BCUT2D eigenvalue weighted by atomic mass is 16.5. The van der Waals surface area contributed by atoms with Crippen molar-refractivity contribution in [3.8, 4) is 11.5 Å². The first-order chi connectivity index (χ1) is 13.0. The van der Waals surface area contributed by atoms with Crippen LogP contribution in [0.2, 0.25) is 0 Å². The van der Waals surface area contributed by atoms with Gasteiger partial charge in [-0.1, -0.05) is 37.3 Å². The molecule has 2 N–H and O–H groups in total. The van der Waals surface area contributed by atoms with E-state index in [2.05, 4.69) is 5.32 Å². The number of benzene rings is 2. The lowest BCUT2D eigenvalue weighted by Gasteiger charge is -2.16. The fourth-order valence-electron chi connectivity index (χ4n) is 2.54. The van der Waals surface area contributed by atoms with Gasteiger partial charge in [-0.15, -0.1) is 0 Å². The molecule has 27 heavy (non-hydrogen) atoms. The Hall–Kier alpha value is -3.02. The molecular formula is C21H25NO5. The molecule has 6 heteroatoms. The van der Waals surface area contributed by atoms with Crippen LogP contribution in [0, 0.1) is 0 Å². The minimum Gasteiger partial charge on any atom is -0.490 e. The van der Waals surface area contributed by atoms with Crippen LogP contribution in [0.15, 0.2) is 48.5 Å². The molecule has 1 unspecified atom stereocenters. The van der Waals surface area contributed by atoms with Crippen molar-refractivity contribution in [3.63, 3.8) is 0 Å². The summed E-state index contributed by atoms with van der Waals surface area (Å²) in [7, 11) is 0. The van der Waals surface area contributed by atoms with Gasteiger partial charge in [0, 0.05) is 12.0 Å². The number of nitrogens with one attached hydrogen (secondary N) is 1. The average molecular weight is 371 g/mol. The third kappa shape index (κ3) is 6.02. The third-order valence-electron chi connectivity index (χ3n) is 3.85. The third-order valence-corrected chi connectivity index (χ3v) is 3.85. The molecule has 0 aliphatic rings. The molecule has 0 radical (unpaired) electrons. The Bertz CT molecular complexity index is 760. The second-order valence-electron chi connectivity index (χ2n) is 6.00. The number of ether oxygens (including phenoxy) is 2. The molecule has 1 amide bonds. The van der Waals surface area contributed by atoms with E-state index in [0.29, 0.717) is 30.3 Å². The molecule has 144 valence electrons. The Labute approximate surface area is 159 Å². The number of rotatable bonds is 10. The number of carboxylic acid groups (broad SMARTS) is 1. The van der Waals surface area contributed by atoms with Gasteiger partial charge in [-0.05, 0) is 37.1 Å². The monoisotopic (exact) mass is 371 g/mol. The van der Waals surface area contributed by atoms with E-state index in [4.69, 9.17) is 9.47 Å². The maximum Gasteiger partial charge on any atom is 0.326 e. The average Bonchev–Trinajstić information content (AvgIpc) is 2.67. The highest BCUT2D eigenvalue weighted by Gasteiger charge is 2.22. The van der Waals surface area contributed by atoms with E-state index in [9.17, 15) is 14.7 Å². The molecule has 0 saturated carbocycles. The van der Waals surface area contributed by atoms with Crippen LogP contribution in [0.5, 0.6) is 11.5 Å². The smallest absolute Gasteiger partial charge is 0.326 e. The second kappa shape index (κ2) is 10.2. The van der Waals surface area contributed by atoms with E-state index in [1.165, 1.54) is 0 Å². The van der Waals surface area contributed by atoms with Crippen molar-refractivity contribution in [2.75, 3.05) is 13.2 Å². The van der Waals surface area contributed by atoms with Crippen LogP contribution in [0.4, 0.5) is 0 Å². The summed E-state index contributed by atoms with van der Waals surface area (Å²) in [6.07, 6.45) is 1.06. The predicted molar refractivity (Wildman–Crippen MR) is 102 cm³/mol. The molecule has 0 spiro atoms. The Morgan fingerprint density at radius 2 is 1.78 bits per heavy atom. The van der Waals surface area contributed by atoms with Gasteiger partial charge in [-0.3, -0.25) is 4.79 Å². The fourth-order valence-corrected chi connectivity index (χ4v) is 2.54. The Morgan fingerprint density at radius 1 is 1.04 bits per heavy atom. The SMILES string of the molecule is CCCOc1ccc(C(=O)NC(Cc2ccccc2)C(=O)O)cc1OCC. The van der Waals surface area contributed by atoms with Gasteiger partial charge in [0.05, 0.1) is 13.2 Å². The number of aliphatic carboxylic acids is 1. The molecule has 2 aromatic rings. The number of carbonyl (C=O) groups is 2. The molecule has 2 rings (SSSR count). The molecule has 0 bridgehead atoms. The van der Waals surface area contributed by atoms with Crippen molar-refractivity contribution < 1.29 is 24.2 Å². The molecule has 0 heterocycles. The first-order valence-corrected chi connectivity index (χ1v) is 9.02. The lowest BCUT2D eigenvalue weighted by atomic mass is 10.1. The fraction of sp³-hybridized carbons (Fsp3) is 0.333. The molecular weight excluding hydrogens is 346 g/mol. The van der Waals surface area contributed by atoms with Gasteiger partial charge in [-0.25, -0.2) is 4.79 Å². The highest BCUT2D eigenvalue weighted by molar-refractivity contribution is 5.97. The molecule has 6 nitrogen and oxygen atoms in total. The van der Waals surface area contributed by atoms with Crippen molar-refractivity contribution >= 4 is 11.9 Å². The van der Waals surface area contributed by atoms with Crippen LogP contribution in [0.3, 0.4) is 0 Å². The van der Waals surface area contributed by atoms with Crippen LogP contribution >= 0.6 is 0 Å². The summed E-state index contributed by atoms with van der Waals surface area (Å²) in [6.45, 7) is 4.82. The topological polar surface area (TPSA) is 84.9 Å². The van der Waals surface area contributed by atoms with Crippen LogP contribution in [-0.2, 0) is 11.2 Å². The normalized spacial score (nSPS) is 11.5. The quantitative estimate of drug-likeness (QED) is 0.669. The van der Waals surface area contributed by atoms with Crippen LogP contribution in [0.25, 0.3) is 0 Å². The van der Waals surface area contributed by atoms with Gasteiger partial charge in [-0.2, -0.15) is 0 Å². The predicted octanol–water partition coefficient (Wildman–Crippen LogP) is 3.30. The van der Waals surface area contributed by atoms with Crippen molar-refractivity contribution in [1.82, 2.24) is 5.32 Å². The van der Waals surface area contributed by atoms with E-state index >= 15 is 0 Å². The molecule has 0 aliphatic heterocycles. The van der Waals surface area contributed by atoms with Gasteiger partial charge in [0.25, 0.3) is 5.91 Å². The van der Waals surface area contributed by atoms with Crippen molar-refractivity contribution in [2.24, 2.45) is 0 Å². The number of carboxylic acids is 1. The number of carbonyl (C=O) groups excluding carboxylic acids is 1. The largest absolute Gasteiger partial charge is 0.490 e. The van der Waals surface area contributed by atoms with E-state index in [-0.39, 0.29) is 6.42 Å². The summed E-state index contributed by atoms with van der Waals surface area (Å²) >= 11 is 0. The van der Waals surface area contributed by atoms with E-state index < -0.39 is 17.9 Å². The molecule has 0 aromatic heterocycles. The van der Waals surface area contributed by atoms with Crippen LogP contribution in [0.1, 0.15) is 36.2 Å². The van der Waals surface area contributed by atoms with Crippen molar-refractivity contribution in [1.29, 1.82) is 0 Å². The molecule has 2 aromatic carbocycles. The zero-order valence-corrected chi connectivity index (χ0v) is 15.6. The van der Waals surface area contributed by atoms with E-state index in [1.54, 1.807) is 18.2 Å². The molecule has 1 atom stereocenters. The Kier molecular flexibility index (Phi) is 7.67. The molecule has 0 saturated heterocycles. The Morgan fingerprint density at radius 3 is 2.41 bits per heavy atom. The first-order valence-electron chi connectivity index (χ1n) is 9.02. The Balaban J connectivity index is 2.14.